The molecule has 0 bridgehead atoms. The van der Waals surface area contributed by atoms with E-state index in [-0.39, 0.29) is 24.2 Å². The first kappa shape index (κ1) is 13.4. The molecule has 3 atom stereocenters. The van der Waals surface area contributed by atoms with Crippen molar-refractivity contribution >= 4 is 5.91 Å². The molecule has 1 fully saturated rings. The number of nitrogens with two attached hydrogens (primary N) is 1. The van der Waals surface area contributed by atoms with E-state index >= 15 is 0 Å². The number of carbonyl (C=O) groups excluding carboxylic acids is 1. The molecule has 1 saturated heterocycles. The van der Waals surface area contributed by atoms with Crippen LogP contribution in [0.25, 0.3) is 0 Å². The van der Waals surface area contributed by atoms with E-state index in [4.69, 9.17) is 15.2 Å². The molecule has 3 rings (SSSR count). The monoisotopic (exact) mass is 276 g/mol. The van der Waals surface area contributed by atoms with E-state index in [1.807, 2.05) is 18.2 Å². The van der Waals surface area contributed by atoms with Crippen molar-refractivity contribution in [1.82, 2.24) is 5.32 Å². The molecular weight excluding hydrogens is 256 g/mol. The highest BCUT2D eigenvalue weighted by Gasteiger charge is 2.30. The zero-order valence-electron chi connectivity index (χ0n) is 11.4. The lowest BCUT2D eigenvalue weighted by atomic mass is 10.1. The van der Waals surface area contributed by atoms with Gasteiger partial charge in [0, 0.05) is 13.0 Å². The molecule has 1 aromatic rings. The van der Waals surface area contributed by atoms with Crippen molar-refractivity contribution < 1.29 is 14.3 Å². The van der Waals surface area contributed by atoms with Gasteiger partial charge in [-0.1, -0.05) is 18.2 Å². The summed E-state index contributed by atoms with van der Waals surface area (Å²) in [6.07, 6.45) is 2.14. The summed E-state index contributed by atoms with van der Waals surface area (Å²) in [4.78, 5) is 12.0. The predicted molar refractivity (Wildman–Crippen MR) is 74.5 cm³/mol. The minimum Gasteiger partial charge on any atom is -0.488 e. The molecule has 1 aromatic carbocycles. The second kappa shape index (κ2) is 5.81. The molecule has 2 heterocycles. The summed E-state index contributed by atoms with van der Waals surface area (Å²) in [6, 6.07) is 7.98. The van der Waals surface area contributed by atoms with Crippen LogP contribution in [0.15, 0.2) is 24.3 Å². The van der Waals surface area contributed by atoms with Crippen molar-refractivity contribution in [3.63, 3.8) is 0 Å². The van der Waals surface area contributed by atoms with Crippen LogP contribution in [-0.2, 0) is 16.0 Å². The van der Waals surface area contributed by atoms with Gasteiger partial charge in [-0.2, -0.15) is 0 Å². The fourth-order valence-corrected chi connectivity index (χ4v) is 2.77. The maximum Gasteiger partial charge on any atom is 0.249 e. The van der Waals surface area contributed by atoms with Gasteiger partial charge in [0.25, 0.3) is 0 Å². The van der Waals surface area contributed by atoms with Crippen molar-refractivity contribution in [1.29, 1.82) is 0 Å². The molecule has 1 amide bonds. The van der Waals surface area contributed by atoms with Gasteiger partial charge in [-0.15, -0.1) is 0 Å². The van der Waals surface area contributed by atoms with Crippen molar-refractivity contribution in [3.05, 3.63) is 29.8 Å². The normalized spacial score (nSPS) is 27.9. The Kier molecular flexibility index (Phi) is 3.89. The van der Waals surface area contributed by atoms with Gasteiger partial charge in [-0.25, -0.2) is 0 Å². The number of fused-ring (bicyclic) bond motifs is 1. The van der Waals surface area contributed by atoms with E-state index in [2.05, 4.69) is 11.4 Å². The first-order chi connectivity index (χ1) is 9.76. The van der Waals surface area contributed by atoms with Crippen molar-refractivity contribution in [3.8, 4) is 5.75 Å². The molecule has 5 nitrogen and oxygen atoms in total. The highest BCUT2D eigenvalue weighted by Crippen LogP contribution is 2.27. The second-order valence-corrected chi connectivity index (χ2v) is 5.36. The third-order valence-electron chi connectivity index (χ3n) is 3.88. The molecule has 20 heavy (non-hydrogen) atoms. The Morgan fingerprint density at radius 2 is 2.15 bits per heavy atom. The largest absolute Gasteiger partial charge is 0.488 e. The van der Waals surface area contributed by atoms with Gasteiger partial charge < -0.3 is 20.5 Å². The lowest BCUT2D eigenvalue weighted by Gasteiger charge is -2.15. The molecule has 2 aliphatic rings. The smallest absolute Gasteiger partial charge is 0.249 e. The Morgan fingerprint density at radius 3 is 2.90 bits per heavy atom. The van der Waals surface area contributed by atoms with Crippen LogP contribution in [0.5, 0.6) is 5.75 Å². The van der Waals surface area contributed by atoms with E-state index in [9.17, 15) is 4.79 Å². The SMILES string of the molecule is NCC1CCC(C(=O)NCC2Cc3ccccc3O2)O1. The van der Waals surface area contributed by atoms with Crippen LogP contribution < -0.4 is 15.8 Å². The molecule has 3 unspecified atom stereocenters. The number of rotatable bonds is 4. The van der Waals surface area contributed by atoms with E-state index < -0.39 is 0 Å². The van der Waals surface area contributed by atoms with Crippen molar-refractivity contribution in [2.75, 3.05) is 13.1 Å². The Labute approximate surface area is 118 Å². The first-order valence-electron chi connectivity index (χ1n) is 7.14. The van der Waals surface area contributed by atoms with Crippen LogP contribution in [0.2, 0.25) is 0 Å². The third kappa shape index (κ3) is 2.78. The number of hydrogen-bond acceptors (Lipinski definition) is 4. The van der Waals surface area contributed by atoms with Crippen LogP contribution >= 0.6 is 0 Å². The molecule has 0 saturated carbocycles. The minimum atomic E-state index is -0.354. The Balaban J connectivity index is 1.46. The molecule has 2 aliphatic heterocycles. The zero-order valence-corrected chi connectivity index (χ0v) is 11.4. The topological polar surface area (TPSA) is 73.6 Å². The predicted octanol–water partition coefficient (Wildman–Crippen LogP) is 0.613. The lowest BCUT2D eigenvalue weighted by molar-refractivity contribution is -0.132. The third-order valence-corrected chi connectivity index (χ3v) is 3.88. The first-order valence-corrected chi connectivity index (χ1v) is 7.14. The van der Waals surface area contributed by atoms with E-state index in [1.54, 1.807) is 0 Å². The summed E-state index contributed by atoms with van der Waals surface area (Å²) in [5.74, 6) is 0.868. The maximum absolute atomic E-state index is 12.0. The molecule has 0 aromatic heterocycles. The van der Waals surface area contributed by atoms with Crippen LogP contribution in [0, 0.1) is 0 Å². The van der Waals surface area contributed by atoms with Crippen molar-refractivity contribution in [2.45, 2.75) is 37.6 Å². The highest BCUT2D eigenvalue weighted by atomic mass is 16.5. The quantitative estimate of drug-likeness (QED) is 0.845. The fourth-order valence-electron chi connectivity index (χ4n) is 2.77. The van der Waals surface area contributed by atoms with Crippen LogP contribution in [-0.4, -0.2) is 37.3 Å². The fraction of sp³-hybridized carbons (Fsp3) is 0.533. The van der Waals surface area contributed by atoms with Crippen molar-refractivity contribution in [2.24, 2.45) is 5.73 Å². The van der Waals surface area contributed by atoms with Gasteiger partial charge >= 0.3 is 0 Å². The minimum absolute atomic E-state index is 0.0167. The zero-order chi connectivity index (χ0) is 13.9. The molecule has 108 valence electrons. The van der Waals surface area contributed by atoms with Gasteiger partial charge in [-0.05, 0) is 24.5 Å². The Morgan fingerprint density at radius 1 is 1.30 bits per heavy atom. The van der Waals surface area contributed by atoms with E-state index in [0.29, 0.717) is 13.1 Å². The number of hydrogen-bond donors (Lipinski definition) is 2. The Bertz CT molecular complexity index is 467. The molecule has 3 N–H and O–H groups in total. The van der Waals surface area contributed by atoms with E-state index in [1.165, 1.54) is 5.56 Å². The van der Waals surface area contributed by atoms with E-state index in [0.717, 1.165) is 25.0 Å². The molecule has 0 aliphatic carbocycles. The average Bonchev–Trinajstić information content (AvgIpc) is 3.10. The van der Waals surface area contributed by atoms with Gasteiger partial charge in [-0.3, -0.25) is 4.79 Å². The second-order valence-electron chi connectivity index (χ2n) is 5.36. The number of carbonyl (C=O) groups is 1. The summed E-state index contributed by atoms with van der Waals surface area (Å²) in [5.41, 5.74) is 6.74. The van der Waals surface area contributed by atoms with Gasteiger partial charge in [0.15, 0.2) is 0 Å². The standard InChI is InChI=1S/C15H20N2O3/c16-8-11-5-6-14(19-11)15(18)17-9-12-7-10-3-1-2-4-13(10)20-12/h1-4,11-12,14H,5-9,16H2,(H,17,18). The average molecular weight is 276 g/mol. The summed E-state index contributed by atoms with van der Waals surface area (Å²) in [6.45, 7) is 0.992. The summed E-state index contributed by atoms with van der Waals surface area (Å²) >= 11 is 0. The van der Waals surface area contributed by atoms with Crippen LogP contribution in [0.4, 0.5) is 0 Å². The van der Waals surface area contributed by atoms with Gasteiger partial charge in [0.1, 0.15) is 18.0 Å². The number of para-hydroxylation sites is 1. The number of nitrogens with one attached hydrogen (secondary N) is 1. The highest BCUT2D eigenvalue weighted by molar-refractivity contribution is 5.81. The van der Waals surface area contributed by atoms with Gasteiger partial charge in [0.2, 0.25) is 5.91 Å². The molecule has 5 heteroatoms. The van der Waals surface area contributed by atoms with Gasteiger partial charge in [0.05, 0.1) is 12.6 Å². The summed E-state index contributed by atoms with van der Waals surface area (Å²) < 4.78 is 11.4. The lowest BCUT2D eigenvalue weighted by Crippen LogP contribution is -2.40. The number of amides is 1. The molecule has 0 spiro atoms. The summed E-state index contributed by atoms with van der Waals surface area (Å²) in [5, 5.41) is 2.92. The number of benzene rings is 1. The molecular formula is C15H20N2O3. The Hall–Kier alpha value is -1.59. The molecule has 0 radical (unpaired) electrons. The maximum atomic E-state index is 12.0. The number of ether oxygens (including phenoxy) is 2. The van der Waals surface area contributed by atoms with Crippen LogP contribution in [0.1, 0.15) is 18.4 Å². The van der Waals surface area contributed by atoms with Crippen LogP contribution in [0.3, 0.4) is 0 Å². The summed E-state index contributed by atoms with van der Waals surface area (Å²) in [7, 11) is 0.